The molecule has 1 heterocycles. The lowest BCUT2D eigenvalue weighted by molar-refractivity contribution is 0.431. The molecule has 0 aliphatic rings. The maximum absolute atomic E-state index is 9.32. The first-order chi connectivity index (χ1) is 5.75. The SMILES string of the molecule is C=C/C=C(/O)C(=C)n1cccn1. The molecule has 3 heteroatoms. The lowest BCUT2D eigenvalue weighted by Crippen LogP contribution is -1.98. The fraction of sp³-hybridized carbons (Fsp3) is 0. The number of hydrogen-bond acceptors (Lipinski definition) is 2. The second-order valence-electron chi connectivity index (χ2n) is 2.18. The van der Waals surface area contributed by atoms with Crippen molar-refractivity contribution < 1.29 is 5.11 Å². The maximum atomic E-state index is 9.32. The van der Waals surface area contributed by atoms with Crippen LogP contribution in [0.1, 0.15) is 0 Å². The highest BCUT2D eigenvalue weighted by molar-refractivity contribution is 5.57. The monoisotopic (exact) mass is 162 g/mol. The van der Waals surface area contributed by atoms with Gasteiger partial charge in [0, 0.05) is 12.4 Å². The van der Waals surface area contributed by atoms with Crippen molar-refractivity contribution in [1.29, 1.82) is 0 Å². The molecule has 1 aromatic heterocycles. The van der Waals surface area contributed by atoms with E-state index < -0.39 is 0 Å². The van der Waals surface area contributed by atoms with Crippen molar-refractivity contribution in [3.8, 4) is 0 Å². The summed E-state index contributed by atoms with van der Waals surface area (Å²) in [6, 6.07) is 1.76. The maximum Gasteiger partial charge on any atom is 0.140 e. The van der Waals surface area contributed by atoms with Crippen molar-refractivity contribution in [3.63, 3.8) is 0 Å². The molecule has 1 N–H and O–H groups in total. The number of rotatable bonds is 3. The van der Waals surface area contributed by atoms with Crippen molar-refractivity contribution >= 4 is 5.70 Å². The molecule has 0 atom stereocenters. The Balaban J connectivity index is 2.86. The smallest absolute Gasteiger partial charge is 0.140 e. The van der Waals surface area contributed by atoms with Gasteiger partial charge in [0.1, 0.15) is 5.76 Å². The molecule has 0 fully saturated rings. The Kier molecular flexibility index (Phi) is 2.48. The van der Waals surface area contributed by atoms with Crippen LogP contribution >= 0.6 is 0 Å². The molecule has 0 unspecified atom stereocenters. The van der Waals surface area contributed by atoms with Gasteiger partial charge in [0.2, 0.25) is 0 Å². The van der Waals surface area contributed by atoms with Gasteiger partial charge in [0.05, 0.1) is 5.70 Å². The summed E-state index contributed by atoms with van der Waals surface area (Å²) < 4.78 is 1.48. The van der Waals surface area contributed by atoms with E-state index in [1.807, 2.05) is 0 Å². The summed E-state index contributed by atoms with van der Waals surface area (Å²) in [6.45, 7) is 7.11. The zero-order chi connectivity index (χ0) is 8.97. The Bertz CT molecular complexity index is 309. The molecule has 0 spiro atoms. The third kappa shape index (κ3) is 1.63. The molecular formula is C9H10N2O. The number of hydrogen-bond donors (Lipinski definition) is 1. The van der Waals surface area contributed by atoms with Crippen molar-refractivity contribution in [3.05, 3.63) is 49.5 Å². The Hall–Kier alpha value is -1.77. The summed E-state index contributed by atoms with van der Waals surface area (Å²) in [6.07, 6.45) is 6.27. The number of aliphatic hydroxyl groups excluding tert-OH is 1. The first-order valence-electron chi connectivity index (χ1n) is 3.46. The number of allylic oxidation sites excluding steroid dienone is 3. The van der Waals surface area contributed by atoms with E-state index in [4.69, 9.17) is 0 Å². The molecule has 0 saturated carbocycles. The standard InChI is InChI=1S/C9H10N2O/c1-3-5-9(12)8(2)11-7-4-6-10-11/h3-7,12H,1-2H2/b9-5+. The van der Waals surface area contributed by atoms with E-state index in [0.717, 1.165) is 0 Å². The molecule has 0 bridgehead atoms. The molecule has 1 rings (SSSR count). The quantitative estimate of drug-likeness (QED) is 0.545. The molecule has 0 aliphatic carbocycles. The van der Waals surface area contributed by atoms with Crippen LogP contribution in [0.4, 0.5) is 0 Å². The number of aliphatic hydroxyl groups is 1. The van der Waals surface area contributed by atoms with Crippen LogP contribution in [-0.4, -0.2) is 14.9 Å². The van der Waals surface area contributed by atoms with Gasteiger partial charge in [0.15, 0.2) is 0 Å². The third-order valence-corrected chi connectivity index (χ3v) is 1.35. The highest BCUT2D eigenvalue weighted by Gasteiger charge is 2.00. The summed E-state index contributed by atoms with van der Waals surface area (Å²) in [5, 5.41) is 13.2. The van der Waals surface area contributed by atoms with E-state index in [9.17, 15) is 5.11 Å². The zero-order valence-electron chi connectivity index (χ0n) is 6.64. The highest BCUT2D eigenvalue weighted by Crippen LogP contribution is 2.08. The fourth-order valence-corrected chi connectivity index (χ4v) is 0.754. The van der Waals surface area contributed by atoms with Crippen LogP contribution in [0, 0.1) is 0 Å². The fourth-order valence-electron chi connectivity index (χ4n) is 0.754. The van der Waals surface area contributed by atoms with Gasteiger partial charge >= 0.3 is 0 Å². The Morgan fingerprint density at radius 2 is 2.33 bits per heavy atom. The van der Waals surface area contributed by atoms with Gasteiger partial charge in [-0.1, -0.05) is 19.2 Å². The number of nitrogens with zero attached hydrogens (tertiary/aromatic N) is 2. The van der Waals surface area contributed by atoms with Crippen molar-refractivity contribution in [1.82, 2.24) is 9.78 Å². The van der Waals surface area contributed by atoms with E-state index >= 15 is 0 Å². The predicted molar refractivity (Wildman–Crippen MR) is 48.5 cm³/mol. The molecule has 0 aliphatic heterocycles. The molecule has 62 valence electrons. The van der Waals surface area contributed by atoms with Crippen LogP contribution in [0.2, 0.25) is 0 Å². The van der Waals surface area contributed by atoms with Gasteiger partial charge in [-0.05, 0) is 12.1 Å². The average molecular weight is 162 g/mol. The third-order valence-electron chi connectivity index (χ3n) is 1.35. The first kappa shape index (κ1) is 8.33. The Morgan fingerprint density at radius 3 is 2.83 bits per heavy atom. The minimum atomic E-state index is 0.0636. The second kappa shape index (κ2) is 3.57. The van der Waals surface area contributed by atoms with Gasteiger partial charge in [0.25, 0.3) is 0 Å². The van der Waals surface area contributed by atoms with Crippen molar-refractivity contribution in [2.24, 2.45) is 0 Å². The van der Waals surface area contributed by atoms with E-state index in [1.165, 1.54) is 16.8 Å². The lowest BCUT2D eigenvalue weighted by atomic mass is 10.3. The van der Waals surface area contributed by atoms with Crippen molar-refractivity contribution in [2.75, 3.05) is 0 Å². The highest BCUT2D eigenvalue weighted by atomic mass is 16.3. The summed E-state index contributed by atoms with van der Waals surface area (Å²) in [5.74, 6) is 0.0636. The summed E-state index contributed by atoms with van der Waals surface area (Å²) >= 11 is 0. The van der Waals surface area contributed by atoms with Crippen LogP contribution in [0.5, 0.6) is 0 Å². The average Bonchev–Trinajstić information content (AvgIpc) is 2.55. The van der Waals surface area contributed by atoms with Crippen molar-refractivity contribution in [2.45, 2.75) is 0 Å². The normalized spacial score (nSPS) is 11.2. The zero-order valence-corrected chi connectivity index (χ0v) is 6.64. The van der Waals surface area contributed by atoms with Crippen LogP contribution in [0.25, 0.3) is 5.70 Å². The Labute approximate surface area is 71.0 Å². The van der Waals surface area contributed by atoms with Gasteiger partial charge in [-0.3, -0.25) is 0 Å². The molecule has 12 heavy (non-hydrogen) atoms. The Morgan fingerprint density at radius 1 is 1.58 bits per heavy atom. The molecule has 0 saturated heterocycles. The van der Waals surface area contributed by atoms with E-state index in [0.29, 0.717) is 5.70 Å². The van der Waals surface area contributed by atoms with Crippen LogP contribution in [-0.2, 0) is 0 Å². The van der Waals surface area contributed by atoms with Crippen LogP contribution < -0.4 is 0 Å². The number of aromatic nitrogens is 2. The van der Waals surface area contributed by atoms with Crippen LogP contribution in [0.3, 0.4) is 0 Å². The summed E-state index contributed by atoms with van der Waals surface area (Å²) in [5.41, 5.74) is 0.430. The molecule has 0 amide bonds. The van der Waals surface area contributed by atoms with Gasteiger partial charge < -0.3 is 5.11 Å². The molecule has 0 aromatic carbocycles. The molecular weight excluding hydrogens is 152 g/mol. The minimum Gasteiger partial charge on any atom is -0.506 e. The first-order valence-corrected chi connectivity index (χ1v) is 3.46. The minimum absolute atomic E-state index is 0.0636. The molecule has 1 aromatic rings. The van der Waals surface area contributed by atoms with Gasteiger partial charge in [-0.2, -0.15) is 5.10 Å². The summed E-state index contributed by atoms with van der Waals surface area (Å²) in [4.78, 5) is 0. The topological polar surface area (TPSA) is 38.0 Å². The lowest BCUT2D eigenvalue weighted by Gasteiger charge is -2.02. The molecule has 3 nitrogen and oxygen atoms in total. The summed E-state index contributed by atoms with van der Waals surface area (Å²) in [7, 11) is 0. The van der Waals surface area contributed by atoms with Gasteiger partial charge in [-0.25, -0.2) is 4.68 Å². The van der Waals surface area contributed by atoms with E-state index in [-0.39, 0.29) is 5.76 Å². The van der Waals surface area contributed by atoms with Crippen LogP contribution in [0.15, 0.2) is 49.5 Å². The van der Waals surface area contributed by atoms with Gasteiger partial charge in [-0.15, -0.1) is 0 Å². The predicted octanol–water partition coefficient (Wildman–Crippen LogP) is 1.98. The molecule has 0 radical (unpaired) electrons. The second-order valence-corrected chi connectivity index (χ2v) is 2.18. The van der Waals surface area contributed by atoms with E-state index in [1.54, 1.807) is 18.5 Å². The van der Waals surface area contributed by atoms with E-state index in [2.05, 4.69) is 18.3 Å². The largest absolute Gasteiger partial charge is 0.506 e.